The van der Waals surface area contributed by atoms with Crippen LogP contribution in [0.15, 0.2) is 10.6 Å². The van der Waals surface area contributed by atoms with Gasteiger partial charge in [-0.25, -0.2) is 4.79 Å². The normalized spacial score (nSPS) is 37.5. The van der Waals surface area contributed by atoms with Crippen molar-refractivity contribution in [2.45, 2.75) is 63.0 Å². The van der Waals surface area contributed by atoms with Crippen LogP contribution in [0.3, 0.4) is 0 Å². The number of carboxylic acid groups (broad SMARTS) is 1. The molecule has 1 saturated carbocycles. The van der Waals surface area contributed by atoms with E-state index in [-0.39, 0.29) is 23.6 Å². The molecule has 156 valence electrons. The van der Waals surface area contributed by atoms with Crippen LogP contribution in [0.4, 0.5) is 0 Å². The number of carbonyl (C=O) groups excluding carboxylic acids is 1. The molecule has 4 rings (SSSR count). The summed E-state index contributed by atoms with van der Waals surface area (Å²) in [4.78, 5) is 28.9. The van der Waals surface area contributed by atoms with Crippen molar-refractivity contribution in [1.29, 1.82) is 0 Å². The van der Waals surface area contributed by atoms with Crippen molar-refractivity contribution < 1.29 is 19.8 Å². The zero-order valence-electron chi connectivity index (χ0n) is 16.6. The van der Waals surface area contributed by atoms with Crippen LogP contribution in [-0.4, -0.2) is 75.0 Å². The minimum atomic E-state index is -1.04. The van der Waals surface area contributed by atoms with Gasteiger partial charge in [-0.2, -0.15) is 0 Å². The molecular weight excluding hydrogens is 378 g/mol. The molecule has 28 heavy (non-hydrogen) atoms. The van der Waals surface area contributed by atoms with Crippen molar-refractivity contribution in [1.82, 2.24) is 9.80 Å². The number of β-lactam (4-membered cyclic amide) rings is 1. The molecule has 8 heteroatoms. The predicted molar refractivity (Wildman–Crippen MR) is 107 cm³/mol. The number of amides is 1. The van der Waals surface area contributed by atoms with Gasteiger partial charge >= 0.3 is 5.97 Å². The molecule has 0 aromatic carbocycles. The van der Waals surface area contributed by atoms with Gasteiger partial charge in [-0.3, -0.25) is 4.79 Å². The first-order valence-electron chi connectivity index (χ1n) is 10.4. The lowest BCUT2D eigenvalue weighted by Crippen LogP contribution is -2.63. The Kier molecular flexibility index (Phi) is 5.50. The summed E-state index contributed by atoms with van der Waals surface area (Å²) in [6, 6.07) is 0.156. The minimum absolute atomic E-state index is 0.0396. The molecule has 4 atom stereocenters. The van der Waals surface area contributed by atoms with Crippen molar-refractivity contribution in [3.05, 3.63) is 10.6 Å². The summed E-state index contributed by atoms with van der Waals surface area (Å²) in [5.74, 6) is -1.09. The maximum absolute atomic E-state index is 12.4. The maximum Gasteiger partial charge on any atom is 0.353 e. The van der Waals surface area contributed by atoms with Crippen LogP contribution in [0.2, 0.25) is 0 Å². The predicted octanol–water partition coefficient (Wildman–Crippen LogP) is 1.07. The van der Waals surface area contributed by atoms with Gasteiger partial charge in [0.15, 0.2) is 0 Å². The molecule has 3 fully saturated rings. The molecule has 4 N–H and O–H groups in total. The summed E-state index contributed by atoms with van der Waals surface area (Å²) in [6.45, 7) is 6.64. The number of carbonyl (C=O) groups is 2. The summed E-state index contributed by atoms with van der Waals surface area (Å²) >= 11 is 1.63. The number of aliphatic hydroxyl groups is 1. The van der Waals surface area contributed by atoms with Crippen molar-refractivity contribution in [3.8, 4) is 0 Å². The molecule has 4 aliphatic rings. The molecule has 1 aliphatic carbocycles. The number of rotatable bonds is 6. The number of thioether (sulfide) groups is 1. The Bertz CT molecular complexity index is 683. The Hall–Kier alpha value is -1.09. The van der Waals surface area contributed by atoms with Crippen LogP contribution in [0, 0.1) is 17.8 Å². The third kappa shape index (κ3) is 3.38. The first-order chi connectivity index (χ1) is 13.3. The molecule has 0 unspecified atom stereocenters. The minimum Gasteiger partial charge on any atom is -0.477 e. The molecule has 7 nitrogen and oxygen atoms in total. The van der Waals surface area contributed by atoms with E-state index in [1.54, 1.807) is 18.7 Å². The molecule has 2 saturated heterocycles. The molecule has 0 aromatic rings. The van der Waals surface area contributed by atoms with Crippen molar-refractivity contribution in [3.63, 3.8) is 0 Å². The van der Waals surface area contributed by atoms with Crippen LogP contribution in [-0.2, 0) is 9.59 Å². The third-order valence-corrected chi connectivity index (χ3v) is 8.39. The quantitative estimate of drug-likeness (QED) is 0.564. The van der Waals surface area contributed by atoms with Gasteiger partial charge in [0.05, 0.1) is 18.1 Å². The van der Waals surface area contributed by atoms with E-state index >= 15 is 0 Å². The molecule has 0 spiro atoms. The van der Waals surface area contributed by atoms with Gasteiger partial charge in [-0.05, 0) is 38.5 Å². The van der Waals surface area contributed by atoms with E-state index in [9.17, 15) is 19.8 Å². The monoisotopic (exact) mass is 409 g/mol. The number of hydrogen-bond acceptors (Lipinski definition) is 6. The summed E-state index contributed by atoms with van der Waals surface area (Å²) in [5.41, 5.74) is 6.13. The van der Waals surface area contributed by atoms with Gasteiger partial charge < -0.3 is 25.7 Å². The lowest BCUT2D eigenvalue weighted by Gasteiger charge is -2.46. The smallest absolute Gasteiger partial charge is 0.353 e. The van der Waals surface area contributed by atoms with Gasteiger partial charge in [-0.1, -0.05) is 6.92 Å². The van der Waals surface area contributed by atoms with Crippen LogP contribution < -0.4 is 5.73 Å². The first kappa shape index (κ1) is 20.2. The van der Waals surface area contributed by atoms with E-state index in [0.29, 0.717) is 11.3 Å². The number of nitrogens with two attached hydrogens (primary N) is 1. The zero-order valence-corrected chi connectivity index (χ0v) is 17.4. The van der Waals surface area contributed by atoms with Crippen LogP contribution in [0.5, 0.6) is 0 Å². The number of aliphatic hydroxyl groups excluding tert-OH is 1. The van der Waals surface area contributed by atoms with Gasteiger partial charge in [0.25, 0.3) is 0 Å². The zero-order chi connectivity index (χ0) is 20.2. The van der Waals surface area contributed by atoms with Crippen molar-refractivity contribution in [2.75, 3.05) is 19.6 Å². The molecule has 0 bridgehead atoms. The Labute approximate surface area is 170 Å². The number of hydrogen-bond donors (Lipinski definition) is 3. The highest BCUT2D eigenvalue weighted by atomic mass is 32.2. The molecule has 3 heterocycles. The van der Waals surface area contributed by atoms with E-state index in [1.165, 1.54) is 17.7 Å². The molecule has 3 aliphatic heterocycles. The lowest BCUT2D eigenvalue weighted by molar-refractivity contribution is -0.163. The first-order valence-corrected chi connectivity index (χ1v) is 11.3. The number of fused-ring (bicyclic) bond motifs is 1. The molecule has 1 amide bonds. The summed E-state index contributed by atoms with van der Waals surface area (Å²) < 4.78 is 0. The fourth-order valence-corrected chi connectivity index (χ4v) is 6.92. The van der Waals surface area contributed by atoms with E-state index < -0.39 is 18.0 Å². The number of nitrogens with zero attached hydrogens (tertiary/aromatic N) is 2. The standard InChI is InChI=1S/C20H31N3O4S/c1-10-16-15(11(2)24)19(25)23(16)17(20(26)27)18(10)28-14-8-22(9-14)7-12-3-5-13(21)6-4-12/h10-16,24H,3-9,21H2,1-2H3,(H,26,27)/t10-,11-,12?,13?,15-,16-/m1/s1. The third-order valence-electron chi connectivity index (χ3n) is 6.94. The highest BCUT2D eigenvalue weighted by molar-refractivity contribution is 8.03. The lowest BCUT2D eigenvalue weighted by atomic mass is 9.79. The fourth-order valence-electron chi connectivity index (χ4n) is 5.34. The number of aliphatic carboxylic acids is 1. The van der Waals surface area contributed by atoms with Gasteiger partial charge in [-0.15, -0.1) is 11.8 Å². The summed E-state index contributed by atoms with van der Waals surface area (Å²) in [6.07, 6.45) is 3.91. The topological polar surface area (TPSA) is 107 Å². The summed E-state index contributed by atoms with van der Waals surface area (Å²) in [7, 11) is 0. The fraction of sp³-hybridized carbons (Fsp3) is 0.800. The number of carboxylic acids is 1. The van der Waals surface area contributed by atoms with Crippen molar-refractivity contribution >= 4 is 23.6 Å². The average molecular weight is 410 g/mol. The van der Waals surface area contributed by atoms with E-state index in [2.05, 4.69) is 4.90 Å². The maximum atomic E-state index is 12.4. The highest BCUT2D eigenvalue weighted by Crippen LogP contribution is 2.52. The molecule has 0 aromatic heterocycles. The molecular formula is C20H31N3O4S. The number of likely N-dealkylation sites (tertiary alicyclic amines) is 1. The largest absolute Gasteiger partial charge is 0.477 e. The summed E-state index contributed by atoms with van der Waals surface area (Å²) in [5, 5.41) is 20.0. The highest BCUT2D eigenvalue weighted by Gasteiger charge is 2.60. The van der Waals surface area contributed by atoms with E-state index in [1.807, 2.05) is 6.92 Å². The molecule has 0 radical (unpaired) electrons. The Morgan fingerprint density at radius 2 is 1.93 bits per heavy atom. The Morgan fingerprint density at radius 1 is 1.29 bits per heavy atom. The van der Waals surface area contributed by atoms with E-state index in [0.717, 1.165) is 43.3 Å². The average Bonchev–Trinajstić information content (AvgIpc) is 2.83. The van der Waals surface area contributed by atoms with Crippen LogP contribution >= 0.6 is 11.8 Å². The Morgan fingerprint density at radius 3 is 2.50 bits per heavy atom. The second-order valence-electron chi connectivity index (χ2n) is 9.01. The van der Waals surface area contributed by atoms with Crippen molar-refractivity contribution in [2.24, 2.45) is 23.5 Å². The van der Waals surface area contributed by atoms with Gasteiger partial charge in [0.1, 0.15) is 5.70 Å². The Balaban J connectivity index is 1.36. The second kappa shape index (κ2) is 7.63. The SMILES string of the molecule is C[C@@H](O)[C@H]1C(=O)N2C(C(=O)O)=C(SC3CN(CC4CCC(N)CC4)C3)[C@H](C)[C@H]12. The van der Waals surface area contributed by atoms with Crippen LogP contribution in [0.25, 0.3) is 0 Å². The van der Waals surface area contributed by atoms with Crippen LogP contribution in [0.1, 0.15) is 39.5 Å². The van der Waals surface area contributed by atoms with Gasteiger partial charge in [0.2, 0.25) is 5.91 Å². The van der Waals surface area contributed by atoms with E-state index in [4.69, 9.17) is 5.73 Å². The second-order valence-corrected chi connectivity index (χ2v) is 10.4. The van der Waals surface area contributed by atoms with Gasteiger partial charge in [0, 0.05) is 41.7 Å².